The summed E-state index contributed by atoms with van der Waals surface area (Å²) in [6.45, 7) is 0. The fraction of sp³-hybridized carbons (Fsp3) is 0. The Hall–Kier alpha value is -4.10. The molecule has 4 rings (SSSR count). The molecule has 0 radical (unpaired) electrons. The summed E-state index contributed by atoms with van der Waals surface area (Å²) in [5.41, 5.74) is 9.78. The lowest BCUT2D eigenvalue weighted by Gasteiger charge is -2.11. The van der Waals surface area contributed by atoms with Gasteiger partial charge in [0.2, 0.25) is 0 Å². The molecule has 3 aromatic carbocycles. The SMILES string of the molecule is N#Cc1c(-c2ccccc2)cc(-c2ccc(Oc3ccccc3)cc2)nc1N. The fourth-order valence-corrected chi connectivity index (χ4v) is 2.99. The van der Waals surface area contributed by atoms with Crippen molar-refractivity contribution in [2.24, 2.45) is 0 Å². The van der Waals surface area contributed by atoms with Crippen LogP contribution >= 0.6 is 0 Å². The van der Waals surface area contributed by atoms with Crippen molar-refractivity contribution in [1.82, 2.24) is 4.98 Å². The third kappa shape index (κ3) is 3.55. The van der Waals surface area contributed by atoms with Gasteiger partial charge in [-0.25, -0.2) is 4.98 Å². The average molecular weight is 363 g/mol. The first-order valence-electron chi connectivity index (χ1n) is 8.84. The van der Waals surface area contributed by atoms with E-state index in [-0.39, 0.29) is 5.82 Å². The van der Waals surface area contributed by atoms with Crippen LogP contribution in [0.2, 0.25) is 0 Å². The zero-order valence-electron chi connectivity index (χ0n) is 15.0. The van der Waals surface area contributed by atoms with Crippen LogP contribution in [-0.4, -0.2) is 4.98 Å². The van der Waals surface area contributed by atoms with Crippen molar-refractivity contribution in [2.75, 3.05) is 5.73 Å². The summed E-state index contributed by atoms with van der Waals surface area (Å²) in [7, 11) is 0. The first-order valence-corrected chi connectivity index (χ1v) is 8.84. The van der Waals surface area contributed by atoms with Crippen LogP contribution in [0.15, 0.2) is 91.0 Å². The number of benzene rings is 3. The van der Waals surface area contributed by atoms with Gasteiger partial charge in [-0.2, -0.15) is 5.26 Å². The Morgan fingerprint density at radius 1 is 0.750 bits per heavy atom. The first kappa shape index (κ1) is 17.3. The zero-order valence-corrected chi connectivity index (χ0v) is 15.0. The molecule has 0 aliphatic heterocycles. The lowest BCUT2D eigenvalue weighted by molar-refractivity contribution is 0.483. The van der Waals surface area contributed by atoms with E-state index >= 15 is 0 Å². The Morgan fingerprint density at radius 3 is 2.00 bits per heavy atom. The van der Waals surface area contributed by atoms with E-state index < -0.39 is 0 Å². The van der Waals surface area contributed by atoms with Crippen LogP contribution < -0.4 is 10.5 Å². The van der Waals surface area contributed by atoms with Crippen molar-refractivity contribution in [1.29, 1.82) is 5.26 Å². The van der Waals surface area contributed by atoms with Crippen LogP contribution in [0.1, 0.15) is 5.56 Å². The molecule has 4 nitrogen and oxygen atoms in total. The van der Waals surface area contributed by atoms with E-state index in [2.05, 4.69) is 11.1 Å². The second-order valence-corrected chi connectivity index (χ2v) is 6.23. The molecule has 0 bridgehead atoms. The average Bonchev–Trinajstić information content (AvgIpc) is 2.75. The largest absolute Gasteiger partial charge is 0.457 e. The minimum Gasteiger partial charge on any atom is -0.457 e. The highest BCUT2D eigenvalue weighted by Gasteiger charge is 2.13. The van der Waals surface area contributed by atoms with Gasteiger partial charge >= 0.3 is 0 Å². The molecule has 0 atom stereocenters. The van der Waals surface area contributed by atoms with E-state index in [1.807, 2.05) is 91.0 Å². The van der Waals surface area contributed by atoms with Crippen LogP contribution in [-0.2, 0) is 0 Å². The number of aromatic nitrogens is 1. The lowest BCUT2D eigenvalue weighted by Crippen LogP contribution is -1.99. The highest BCUT2D eigenvalue weighted by molar-refractivity contribution is 5.80. The monoisotopic (exact) mass is 363 g/mol. The third-order valence-corrected chi connectivity index (χ3v) is 4.37. The molecule has 0 spiro atoms. The highest BCUT2D eigenvalue weighted by Crippen LogP contribution is 2.32. The molecular formula is C24H17N3O. The number of rotatable bonds is 4. The van der Waals surface area contributed by atoms with Crippen LogP contribution in [0.5, 0.6) is 11.5 Å². The summed E-state index contributed by atoms with van der Waals surface area (Å²) in [6, 6.07) is 31.0. The molecule has 0 amide bonds. The van der Waals surface area contributed by atoms with Gasteiger partial charge in [-0.15, -0.1) is 0 Å². The molecule has 0 saturated heterocycles. The molecule has 2 N–H and O–H groups in total. The minimum atomic E-state index is 0.225. The maximum atomic E-state index is 9.51. The molecule has 4 aromatic rings. The lowest BCUT2D eigenvalue weighted by atomic mass is 9.98. The van der Waals surface area contributed by atoms with Crippen molar-refractivity contribution >= 4 is 5.82 Å². The van der Waals surface area contributed by atoms with E-state index in [0.29, 0.717) is 11.3 Å². The Balaban J connectivity index is 1.70. The third-order valence-electron chi connectivity index (χ3n) is 4.37. The normalized spacial score (nSPS) is 10.2. The molecule has 0 aliphatic carbocycles. The van der Waals surface area contributed by atoms with E-state index in [0.717, 1.165) is 28.2 Å². The molecule has 1 heterocycles. The van der Waals surface area contributed by atoms with E-state index in [1.54, 1.807) is 0 Å². The van der Waals surface area contributed by atoms with Gasteiger partial charge in [-0.1, -0.05) is 48.5 Å². The van der Waals surface area contributed by atoms with Gasteiger partial charge in [-0.3, -0.25) is 0 Å². The summed E-state index contributed by atoms with van der Waals surface area (Å²) < 4.78 is 5.83. The first-order chi connectivity index (χ1) is 13.7. The standard InChI is InChI=1S/C24H17N3O/c25-16-22-21(17-7-3-1-4-8-17)15-23(27-24(22)26)18-11-13-20(14-12-18)28-19-9-5-2-6-10-19/h1-15H,(H2,26,27). The quantitative estimate of drug-likeness (QED) is 0.508. The van der Waals surface area contributed by atoms with Crippen LogP contribution in [0.4, 0.5) is 5.82 Å². The topological polar surface area (TPSA) is 71.9 Å². The number of nitrogens with two attached hydrogens (primary N) is 1. The number of pyridine rings is 1. The summed E-state index contributed by atoms with van der Waals surface area (Å²) in [5, 5.41) is 9.51. The zero-order chi connectivity index (χ0) is 19.3. The van der Waals surface area contributed by atoms with Crippen molar-refractivity contribution in [3.05, 3.63) is 96.6 Å². The number of nitriles is 1. The Bertz CT molecular complexity index is 1130. The van der Waals surface area contributed by atoms with Gasteiger partial charge in [0.15, 0.2) is 0 Å². The fourth-order valence-electron chi connectivity index (χ4n) is 2.99. The van der Waals surface area contributed by atoms with Crippen LogP contribution in [0.25, 0.3) is 22.4 Å². The number of nitrogen functional groups attached to an aromatic ring is 1. The number of ether oxygens (including phenoxy) is 1. The molecule has 0 unspecified atom stereocenters. The Labute approximate surface area is 163 Å². The van der Waals surface area contributed by atoms with Crippen LogP contribution in [0.3, 0.4) is 0 Å². The molecule has 4 heteroatoms. The Kier molecular flexibility index (Phi) is 4.73. The molecule has 0 saturated carbocycles. The molecule has 1 aromatic heterocycles. The molecule has 0 fully saturated rings. The summed E-state index contributed by atoms with van der Waals surface area (Å²) in [6.07, 6.45) is 0. The highest BCUT2D eigenvalue weighted by atomic mass is 16.5. The van der Waals surface area contributed by atoms with E-state index in [9.17, 15) is 5.26 Å². The maximum Gasteiger partial charge on any atom is 0.142 e. The number of nitrogens with zero attached hydrogens (tertiary/aromatic N) is 2. The number of para-hydroxylation sites is 1. The van der Waals surface area contributed by atoms with Gasteiger partial charge in [0, 0.05) is 11.1 Å². The van der Waals surface area contributed by atoms with Crippen LogP contribution in [0, 0.1) is 11.3 Å². The Morgan fingerprint density at radius 2 is 1.36 bits per heavy atom. The summed E-state index contributed by atoms with van der Waals surface area (Å²) >= 11 is 0. The van der Waals surface area contributed by atoms with Crippen molar-refractivity contribution in [2.45, 2.75) is 0 Å². The van der Waals surface area contributed by atoms with Gasteiger partial charge in [0.1, 0.15) is 28.9 Å². The van der Waals surface area contributed by atoms with Gasteiger partial charge in [0.05, 0.1) is 5.69 Å². The number of hydrogen-bond donors (Lipinski definition) is 1. The molecule has 28 heavy (non-hydrogen) atoms. The minimum absolute atomic E-state index is 0.225. The predicted octanol–water partition coefficient (Wildman–Crippen LogP) is 5.66. The van der Waals surface area contributed by atoms with Gasteiger partial charge < -0.3 is 10.5 Å². The van der Waals surface area contributed by atoms with Gasteiger partial charge in [0.25, 0.3) is 0 Å². The van der Waals surface area contributed by atoms with E-state index in [1.165, 1.54) is 0 Å². The summed E-state index contributed by atoms with van der Waals surface area (Å²) in [5.74, 6) is 1.74. The van der Waals surface area contributed by atoms with Crippen molar-refractivity contribution in [3.63, 3.8) is 0 Å². The molecule has 0 aliphatic rings. The molecular weight excluding hydrogens is 346 g/mol. The smallest absolute Gasteiger partial charge is 0.142 e. The molecule has 134 valence electrons. The van der Waals surface area contributed by atoms with E-state index in [4.69, 9.17) is 10.5 Å². The predicted molar refractivity (Wildman–Crippen MR) is 111 cm³/mol. The second kappa shape index (κ2) is 7.65. The number of hydrogen-bond acceptors (Lipinski definition) is 4. The summed E-state index contributed by atoms with van der Waals surface area (Å²) in [4.78, 5) is 4.43. The van der Waals surface area contributed by atoms with Gasteiger partial charge in [-0.05, 0) is 48.0 Å². The van der Waals surface area contributed by atoms with Crippen molar-refractivity contribution < 1.29 is 4.74 Å². The maximum absolute atomic E-state index is 9.51. The van der Waals surface area contributed by atoms with Crippen molar-refractivity contribution in [3.8, 4) is 40.0 Å². The second-order valence-electron chi connectivity index (χ2n) is 6.23. The number of anilines is 1.